The molecule has 0 aliphatic carbocycles. The van der Waals surface area contributed by atoms with E-state index < -0.39 is 0 Å². The minimum absolute atomic E-state index is 0.665. The van der Waals surface area contributed by atoms with Crippen molar-refractivity contribution in [2.75, 3.05) is 0 Å². The van der Waals surface area contributed by atoms with Crippen LogP contribution >= 0.6 is 0 Å². The largest absolute Gasteiger partial charge is 0.340 e. The number of benzene rings is 1. The van der Waals surface area contributed by atoms with Crippen molar-refractivity contribution in [2.45, 2.75) is 26.4 Å². The molecule has 5 nitrogen and oxygen atoms in total. The Hall–Kier alpha value is -2.61. The number of nitriles is 1. The van der Waals surface area contributed by atoms with Crippen LogP contribution in [-0.2, 0) is 13.1 Å². The van der Waals surface area contributed by atoms with Crippen molar-refractivity contribution in [3.8, 4) is 6.07 Å². The molecule has 0 spiro atoms. The number of rotatable bonds is 4. The lowest BCUT2D eigenvalue weighted by molar-refractivity contribution is 0.557. The van der Waals surface area contributed by atoms with E-state index in [0.717, 1.165) is 29.7 Å². The van der Waals surface area contributed by atoms with Gasteiger partial charge in [0.05, 0.1) is 18.2 Å². The molecule has 2 heterocycles. The Morgan fingerprint density at radius 1 is 1.30 bits per heavy atom. The average Bonchev–Trinajstić information content (AvgIpc) is 3.07. The van der Waals surface area contributed by atoms with Crippen LogP contribution in [0.15, 0.2) is 36.8 Å². The average molecular weight is 265 g/mol. The van der Waals surface area contributed by atoms with E-state index in [-0.39, 0.29) is 0 Å². The lowest BCUT2D eigenvalue weighted by Crippen LogP contribution is -2.09. The Labute approximate surface area is 117 Å². The van der Waals surface area contributed by atoms with Crippen LogP contribution in [0, 0.1) is 11.3 Å². The molecular weight excluding hydrogens is 250 g/mol. The predicted molar refractivity (Wildman–Crippen MR) is 76.1 cm³/mol. The van der Waals surface area contributed by atoms with Gasteiger partial charge in [-0.25, -0.2) is 9.67 Å². The van der Waals surface area contributed by atoms with Crippen LogP contribution in [0.1, 0.15) is 24.7 Å². The van der Waals surface area contributed by atoms with Gasteiger partial charge in [-0.15, -0.1) is 0 Å². The van der Waals surface area contributed by atoms with Gasteiger partial charge in [-0.1, -0.05) is 13.0 Å². The predicted octanol–water partition coefficient (Wildman–Crippen LogP) is 2.56. The minimum atomic E-state index is 0.665. The van der Waals surface area contributed by atoms with Gasteiger partial charge in [-0.3, -0.25) is 0 Å². The summed E-state index contributed by atoms with van der Waals surface area (Å²) in [4.78, 5) is 4.33. The number of hydrogen-bond acceptors (Lipinski definition) is 3. The topological polar surface area (TPSA) is 59.4 Å². The van der Waals surface area contributed by atoms with Gasteiger partial charge in [0, 0.05) is 23.6 Å². The summed E-state index contributed by atoms with van der Waals surface area (Å²) in [6, 6.07) is 9.98. The molecule has 0 aliphatic rings. The fourth-order valence-corrected chi connectivity index (χ4v) is 2.42. The number of aryl methyl sites for hydroxylation is 1. The van der Waals surface area contributed by atoms with Crippen molar-refractivity contribution in [1.82, 2.24) is 19.3 Å². The van der Waals surface area contributed by atoms with Gasteiger partial charge in [0.15, 0.2) is 0 Å². The van der Waals surface area contributed by atoms with Gasteiger partial charge >= 0.3 is 0 Å². The molecule has 3 aromatic rings. The van der Waals surface area contributed by atoms with Crippen LogP contribution < -0.4 is 0 Å². The van der Waals surface area contributed by atoms with Crippen LogP contribution in [0.3, 0.4) is 0 Å². The quantitative estimate of drug-likeness (QED) is 0.728. The van der Waals surface area contributed by atoms with Gasteiger partial charge in [0.2, 0.25) is 0 Å². The van der Waals surface area contributed by atoms with Crippen molar-refractivity contribution >= 4 is 10.9 Å². The van der Waals surface area contributed by atoms with Crippen LogP contribution in [-0.4, -0.2) is 19.3 Å². The fourth-order valence-electron chi connectivity index (χ4n) is 2.42. The molecule has 0 fully saturated rings. The van der Waals surface area contributed by atoms with E-state index >= 15 is 0 Å². The number of nitrogens with zero attached hydrogens (tertiary/aromatic N) is 5. The first-order valence-corrected chi connectivity index (χ1v) is 6.68. The summed E-state index contributed by atoms with van der Waals surface area (Å²) in [5.41, 5.74) is 1.76. The molecule has 100 valence electrons. The zero-order chi connectivity index (χ0) is 13.9. The summed E-state index contributed by atoms with van der Waals surface area (Å²) in [6.07, 6.45) is 4.62. The van der Waals surface area contributed by atoms with Crippen molar-refractivity contribution < 1.29 is 0 Å². The number of aromatic nitrogens is 4. The Kier molecular flexibility index (Phi) is 3.21. The Morgan fingerprint density at radius 3 is 3.00 bits per heavy atom. The molecule has 0 saturated carbocycles. The van der Waals surface area contributed by atoms with Crippen molar-refractivity contribution in [3.05, 3.63) is 48.2 Å². The van der Waals surface area contributed by atoms with E-state index in [1.54, 1.807) is 6.33 Å². The van der Waals surface area contributed by atoms with E-state index in [2.05, 4.69) is 27.6 Å². The first-order chi connectivity index (χ1) is 9.83. The van der Waals surface area contributed by atoms with Crippen LogP contribution in [0.4, 0.5) is 0 Å². The van der Waals surface area contributed by atoms with E-state index in [9.17, 15) is 0 Å². The number of hydrogen-bond donors (Lipinski definition) is 0. The van der Waals surface area contributed by atoms with Crippen LogP contribution in [0.5, 0.6) is 0 Å². The van der Waals surface area contributed by atoms with Gasteiger partial charge in [-0.05, 0) is 24.6 Å². The Morgan fingerprint density at radius 2 is 2.20 bits per heavy atom. The molecular formula is C15H15N5. The van der Waals surface area contributed by atoms with Crippen molar-refractivity contribution in [2.24, 2.45) is 0 Å². The highest BCUT2D eigenvalue weighted by Crippen LogP contribution is 2.20. The van der Waals surface area contributed by atoms with Crippen molar-refractivity contribution in [3.63, 3.8) is 0 Å². The van der Waals surface area contributed by atoms with E-state index in [0.29, 0.717) is 12.1 Å². The lowest BCUT2D eigenvalue weighted by atomic mass is 10.1. The summed E-state index contributed by atoms with van der Waals surface area (Å²) in [7, 11) is 0. The zero-order valence-corrected chi connectivity index (χ0v) is 11.3. The maximum Gasteiger partial charge on any atom is 0.146 e. The van der Waals surface area contributed by atoms with Crippen LogP contribution in [0.25, 0.3) is 10.9 Å². The number of fused-ring (bicyclic) bond motifs is 1. The molecule has 0 saturated heterocycles. The van der Waals surface area contributed by atoms with E-state index in [4.69, 9.17) is 5.26 Å². The van der Waals surface area contributed by atoms with E-state index in [1.807, 2.05) is 35.1 Å². The second kappa shape index (κ2) is 5.17. The highest BCUT2D eigenvalue weighted by atomic mass is 15.3. The molecule has 0 atom stereocenters. The van der Waals surface area contributed by atoms with Gasteiger partial charge in [-0.2, -0.15) is 10.4 Å². The van der Waals surface area contributed by atoms with Crippen molar-refractivity contribution in [1.29, 1.82) is 5.26 Å². The molecule has 0 bridgehead atoms. The minimum Gasteiger partial charge on any atom is -0.340 e. The molecule has 3 rings (SSSR count). The van der Waals surface area contributed by atoms with Crippen LogP contribution in [0.2, 0.25) is 0 Å². The monoisotopic (exact) mass is 265 g/mol. The highest BCUT2D eigenvalue weighted by molar-refractivity contribution is 5.86. The molecule has 2 aromatic heterocycles. The third kappa shape index (κ3) is 2.05. The summed E-state index contributed by atoms with van der Waals surface area (Å²) >= 11 is 0. The molecule has 1 aromatic carbocycles. The maximum absolute atomic E-state index is 9.13. The maximum atomic E-state index is 9.13. The SMILES string of the molecule is CCCn1ncnc1Cn1ccc2c(C#N)cccc21. The molecule has 0 radical (unpaired) electrons. The molecule has 0 N–H and O–H groups in total. The molecule has 0 amide bonds. The summed E-state index contributed by atoms with van der Waals surface area (Å²) < 4.78 is 4.03. The zero-order valence-electron chi connectivity index (χ0n) is 11.3. The standard InChI is InChI=1S/C15H15N5/c1-2-7-20-15(17-11-18-20)10-19-8-6-13-12(9-16)4-3-5-14(13)19/h3-6,8,11H,2,7,10H2,1H3. The Balaban J connectivity index is 1.99. The molecule has 0 unspecified atom stereocenters. The second-order valence-corrected chi connectivity index (χ2v) is 4.69. The molecule has 5 heteroatoms. The van der Waals surface area contributed by atoms with Gasteiger partial charge in [0.25, 0.3) is 0 Å². The first kappa shape index (κ1) is 12.4. The van der Waals surface area contributed by atoms with Gasteiger partial charge < -0.3 is 4.57 Å². The fraction of sp³-hybridized carbons (Fsp3) is 0.267. The molecule has 0 aliphatic heterocycles. The highest BCUT2D eigenvalue weighted by Gasteiger charge is 2.08. The smallest absolute Gasteiger partial charge is 0.146 e. The van der Waals surface area contributed by atoms with E-state index in [1.165, 1.54) is 0 Å². The third-order valence-corrected chi connectivity index (χ3v) is 3.38. The summed E-state index contributed by atoms with van der Waals surface area (Å²) in [5, 5.41) is 14.4. The Bertz CT molecular complexity index is 775. The molecule has 20 heavy (non-hydrogen) atoms. The second-order valence-electron chi connectivity index (χ2n) is 4.69. The summed E-state index contributed by atoms with van der Waals surface area (Å²) in [6.45, 7) is 3.66. The first-order valence-electron chi connectivity index (χ1n) is 6.68. The normalized spacial score (nSPS) is 10.8. The third-order valence-electron chi connectivity index (χ3n) is 3.38. The van der Waals surface area contributed by atoms with Gasteiger partial charge in [0.1, 0.15) is 12.2 Å². The lowest BCUT2D eigenvalue weighted by Gasteiger charge is -2.07. The summed E-state index contributed by atoms with van der Waals surface area (Å²) in [5.74, 6) is 0.937.